The quantitative estimate of drug-likeness (QED) is 0.552. The van der Waals surface area contributed by atoms with E-state index in [4.69, 9.17) is 0 Å². The van der Waals surface area contributed by atoms with Crippen molar-refractivity contribution in [2.45, 2.75) is 38.4 Å². The van der Waals surface area contributed by atoms with Gasteiger partial charge in [-0.1, -0.05) is 35.9 Å². The van der Waals surface area contributed by atoms with E-state index >= 15 is 0 Å². The van der Waals surface area contributed by atoms with Crippen LogP contribution in [0.1, 0.15) is 37.1 Å². The van der Waals surface area contributed by atoms with E-state index in [1.807, 2.05) is 29.1 Å². The van der Waals surface area contributed by atoms with Gasteiger partial charge in [0.15, 0.2) is 0 Å². The van der Waals surface area contributed by atoms with Crippen LogP contribution >= 0.6 is 0 Å². The molecule has 1 fully saturated rings. The molecule has 172 valence electrons. The van der Waals surface area contributed by atoms with Crippen molar-refractivity contribution in [3.05, 3.63) is 89.0 Å². The molecule has 0 N–H and O–H groups in total. The Morgan fingerprint density at radius 3 is 2.52 bits per heavy atom. The highest BCUT2D eigenvalue weighted by molar-refractivity contribution is 7.89. The third-order valence-electron chi connectivity index (χ3n) is 6.93. The number of benzene rings is 2. The van der Waals surface area contributed by atoms with E-state index in [0.717, 1.165) is 23.4 Å². The van der Waals surface area contributed by atoms with Gasteiger partial charge in [-0.05, 0) is 74.6 Å². The lowest BCUT2D eigenvalue weighted by molar-refractivity contribution is 0.208. The number of halogens is 1. The van der Waals surface area contributed by atoms with Gasteiger partial charge in [-0.25, -0.2) is 21.8 Å². The zero-order valence-electron chi connectivity index (χ0n) is 18.9. The summed E-state index contributed by atoms with van der Waals surface area (Å²) in [5, 5.41) is 4.16. The molecule has 33 heavy (non-hydrogen) atoms. The van der Waals surface area contributed by atoms with Gasteiger partial charge in [-0.2, -0.15) is 5.10 Å². The Hall–Kier alpha value is -2.77. The third-order valence-corrected chi connectivity index (χ3v) is 9.15. The van der Waals surface area contributed by atoms with Gasteiger partial charge in [0.1, 0.15) is 5.82 Å². The Balaban J connectivity index is 1.58. The standard InChI is InChI=1S/C26H28FN3O2S/c1-19(2)33(31,32)29-13-12-22-14-25-21(17-28-30(25)24-10-8-23(27)9-11-24)16-26(22,18-29)15-20-6-4-3-5-7-20/h3-11,14,17,19H,12-13,15-16,18H2,1-2H3. The Morgan fingerprint density at radius 1 is 1.09 bits per heavy atom. The average molecular weight is 466 g/mol. The number of fused-ring (bicyclic) bond motifs is 2. The first-order chi connectivity index (χ1) is 15.8. The lowest BCUT2D eigenvalue weighted by atomic mass is 9.66. The molecule has 1 atom stereocenters. The van der Waals surface area contributed by atoms with Crippen LogP contribution in [0.15, 0.2) is 66.4 Å². The van der Waals surface area contributed by atoms with Gasteiger partial charge < -0.3 is 0 Å². The van der Waals surface area contributed by atoms with Crippen molar-refractivity contribution in [3.8, 4) is 5.69 Å². The molecular weight excluding hydrogens is 437 g/mol. The average Bonchev–Trinajstić information content (AvgIpc) is 3.20. The molecule has 1 saturated heterocycles. The van der Waals surface area contributed by atoms with Crippen molar-refractivity contribution in [2.24, 2.45) is 5.41 Å². The molecule has 0 radical (unpaired) electrons. The molecule has 1 aromatic heterocycles. The summed E-state index contributed by atoms with van der Waals surface area (Å²) in [5.41, 5.74) is 5.04. The molecule has 0 amide bonds. The van der Waals surface area contributed by atoms with Crippen molar-refractivity contribution in [3.63, 3.8) is 0 Å². The molecule has 1 aliphatic heterocycles. The van der Waals surface area contributed by atoms with Crippen LogP contribution in [0.25, 0.3) is 11.8 Å². The second kappa shape index (κ2) is 8.22. The van der Waals surface area contributed by atoms with E-state index < -0.39 is 15.3 Å². The maximum Gasteiger partial charge on any atom is 0.216 e. The van der Waals surface area contributed by atoms with Crippen LogP contribution < -0.4 is 0 Å². The van der Waals surface area contributed by atoms with Crippen LogP contribution in [-0.2, 0) is 22.9 Å². The molecule has 3 aromatic rings. The molecule has 0 bridgehead atoms. The van der Waals surface area contributed by atoms with Crippen LogP contribution in [0.4, 0.5) is 4.39 Å². The summed E-state index contributed by atoms with van der Waals surface area (Å²) in [5.74, 6) is -0.279. The largest absolute Gasteiger partial charge is 0.233 e. The molecule has 0 spiro atoms. The number of hydrogen-bond acceptors (Lipinski definition) is 3. The van der Waals surface area contributed by atoms with E-state index in [1.165, 1.54) is 23.3 Å². The minimum absolute atomic E-state index is 0.279. The van der Waals surface area contributed by atoms with E-state index in [9.17, 15) is 12.8 Å². The zero-order chi connectivity index (χ0) is 23.2. The molecule has 2 aromatic carbocycles. The highest BCUT2D eigenvalue weighted by Gasteiger charge is 2.46. The number of aromatic nitrogens is 2. The van der Waals surface area contributed by atoms with Gasteiger partial charge in [-0.3, -0.25) is 0 Å². The minimum atomic E-state index is -3.35. The van der Waals surface area contributed by atoms with Gasteiger partial charge in [-0.15, -0.1) is 0 Å². The predicted octanol–water partition coefficient (Wildman–Crippen LogP) is 4.62. The second-order valence-corrected chi connectivity index (χ2v) is 11.9. The summed E-state index contributed by atoms with van der Waals surface area (Å²) < 4.78 is 43.1. The van der Waals surface area contributed by atoms with E-state index in [2.05, 4.69) is 23.3 Å². The van der Waals surface area contributed by atoms with Crippen LogP contribution in [0.2, 0.25) is 0 Å². The topological polar surface area (TPSA) is 55.2 Å². The third kappa shape index (κ3) is 3.93. The van der Waals surface area contributed by atoms with Crippen LogP contribution in [0.5, 0.6) is 0 Å². The number of hydrogen-bond donors (Lipinski definition) is 0. The van der Waals surface area contributed by atoms with Crippen LogP contribution in [0.3, 0.4) is 0 Å². The Labute approximate surface area is 194 Å². The lowest BCUT2D eigenvalue weighted by Gasteiger charge is -2.46. The number of rotatable bonds is 5. The second-order valence-electron chi connectivity index (χ2n) is 9.41. The van der Waals surface area contributed by atoms with Gasteiger partial charge in [0.05, 0.1) is 22.8 Å². The smallest absolute Gasteiger partial charge is 0.216 e. The lowest BCUT2D eigenvalue weighted by Crippen LogP contribution is -2.51. The minimum Gasteiger partial charge on any atom is -0.233 e. The SMILES string of the molecule is CC(C)S(=O)(=O)N1CCC2=Cc3c(cnn3-c3ccc(F)cc3)CC2(Cc2ccccc2)C1. The summed E-state index contributed by atoms with van der Waals surface area (Å²) in [6.45, 7) is 4.45. The molecule has 0 saturated carbocycles. The summed E-state index contributed by atoms with van der Waals surface area (Å²) in [6, 6.07) is 16.6. The zero-order valence-corrected chi connectivity index (χ0v) is 19.7. The van der Waals surface area contributed by atoms with Crippen LogP contribution in [-0.4, -0.2) is 40.8 Å². The molecule has 1 unspecified atom stereocenters. The van der Waals surface area contributed by atoms with Crippen molar-refractivity contribution in [1.82, 2.24) is 14.1 Å². The summed E-state index contributed by atoms with van der Waals surface area (Å²) in [4.78, 5) is 0. The number of nitrogens with zero attached hydrogens (tertiary/aromatic N) is 3. The predicted molar refractivity (Wildman–Crippen MR) is 128 cm³/mol. The molecule has 1 aliphatic carbocycles. The van der Waals surface area contributed by atoms with Gasteiger partial charge in [0, 0.05) is 18.5 Å². The number of sulfonamides is 1. The molecule has 2 aliphatic rings. The van der Waals surface area contributed by atoms with Gasteiger partial charge in [0.2, 0.25) is 10.0 Å². The summed E-state index contributed by atoms with van der Waals surface area (Å²) in [6.07, 6.45) is 6.23. The van der Waals surface area contributed by atoms with Gasteiger partial charge >= 0.3 is 0 Å². The Morgan fingerprint density at radius 2 is 1.82 bits per heavy atom. The molecule has 2 heterocycles. The molecule has 5 rings (SSSR count). The molecule has 5 nitrogen and oxygen atoms in total. The van der Waals surface area contributed by atoms with Crippen molar-refractivity contribution in [2.75, 3.05) is 13.1 Å². The monoisotopic (exact) mass is 465 g/mol. The van der Waals surface area contributed by atoms with Crippen LogP contribution in [0, 0.1) is 11.2 Å². The normalized spacial score (nSPS) is 20.9. The maximum absolute atomic E-state index is 13.4. The van der Waals surface area contributed by atoms with E-state index in [1.54, 1.807) is 30.3 Å². The summed E-state index contributed by atoms with van der Waals surface area (Å²) >= 11 is 0. The van der Waals surface area contributed by atoms with Crippen molar-refractivity contribution >= 4 is 16.1 Å². The highest BCUT2D eigenvalue weighted by atomic mass is 32.2. The Kier molecular flexibility index (Phi) is 5.49. The first-order valence-corrected chi connectivity index (χ1v) is 12.9. The molecule has 7 heteroatoms. The van der Waals surface area contributed by atoms with E-state index in [0.29, 0.717) is 25.9 Å². The fourth-order valence-corrected chi connectivity index (χ4v) is 6.53. The summed E-state index contributed by atoms with van der Waals surface area (Å²) in [7, 11) is -3.35. The first-order valence-electron chi connectivity index (χ1n) is 11.4. The fraction of sp³-hybridized carbons (Fsp3) is 0.346. The fourth-order valence-electron chi connectivity index (χ4n) is 5.16. The number of piperidine rings is 1. The van der Waals surface area contributed by atoms with Crippen molar-refractivity contribution < 1.29 is 12.8 Å². The first kappa shape index (κ1) is 22.0. The maximum atomic E-state index is 13.4. The van der Waals surface area contributed by atoms with E-state index in [-0.39, 0.29) is 11.2 Å². The highest BCUT2D eigenvalue weighted by Crippen LogP contribution is 2.47. The Bertz CT molecular complexity index is 1300. The molecular formula is C26H28FN3O2S. The van der Waals surface area contributed by atoms with Gasteiger partial charge in [0.25, 0.3) is 0 Å². The van der Waals surface area contributed by atoms with Crippen molar-refractivity contribution in [1.29, 1.82) is 0 Å².